The van der Waals surface area contributed by atoms with Crippen LogP contribution >= 0.6 is 0 Å². The Balaban J connectivity index is 1.70. The summed E-state index contributed by atoms with van der Waals surface area (Å²) in [6.45, 7) is 2.15. The molecule has 0 bridgehead atoms. The van der Waals surface area contributed by atoms with E-state index in [1.165, 1.54) is 12.8 Å². The van der Waals surface area contributed by atoms with Gasteiger partial charge in [-0.1, -0.05) is 0 Å². The Morgan fingerprint density at radius 3 is 3.00 bits per heavy atom. The molecule has 1 unspecified atom stereocenters. The minimum atomic E-state index is 0.00164. The molecule has 1 atom stereocenters. The number of amides is 1. The predicted octanol–water partition coefficient (Wildman–Crippen LogP) is 1.19. The first kappa shape index (κ1) is 12.0. The molecule has 0 saturated carbocycles. The molecule has 17 heavy (non-hydrogen) atoms. The number of anilines is 1. The van der Waals surface area contributed by atoms with Gasteiger partial charge in [0, 0.05) is 18.8 Å². The Bertz CT molecular complexity index is 349. The maximum atomic E-state index is 11.6. The zero-order valence-corrected chi connectivity index (χ0v) is 9.85. The molecule has 1 aromatic heterocycles. The Morgan fingerprint density at radius 1 is 1.47 bits per heavy atom. The second kappa shape index (κ2) is 6.30. The van der Waals surface area contributed by atoms with Gasteiger partial charge < -0.3 is 5.32 Å². The fraction of sp³-hybridized carbons (Fsp3) is 0.583. The molecular formula is C12H18N4O. The number of rotatable bonds is 4. The highest BCUT2D eigenvalue weighted by Crippen LogP contribution is 2.15. The van der Waals surface area contributed by atoms with E-state index in [1.54, 1.807) is 18.5 Å². The lowest BCUT2D eigenvalue weighted by molar-refractivity contribution is -0.116. The summed E-state index contributed by atoms with van der Waals surface area (Å²) in [5.74, 6) is 1.02. The summed E-state index contributed by atoms with van der Waals surface area (Å²) in [4.78, 5) is 19.6. The van der Waals surface area contributed by atoms with Gasteiger partial charge in [0.25, 0.3) is 0 Å². The van der Waals surface area contributed by atoms with Crippen molar-refractivity contribution in [3.05, 3.63) is 18.5 Å². The first-order chi connectivity index (χ1) is 8.34. The van der Waals surface area contributed by atoms with Gasteiger partial charge in [-0.2, -0.15) is 0 Å². The monoisotopic (exact) mass is 234 g/mol. The summed E-state index contributed by atoms with van der Waals surface area (Å²) >= 11 is 0. The molecule has 92 valence electrons. The molecule has 0 radical (unpaired) electrons. The van der Waals surface area contributed by atoms with Crippen LogP contribution in [-0.4, -0.2) is 29.0 Å². The summed E-state index contributed by atoms with van der Waals surface area (Å²) in [5.41, 5.74) is 0. The minimum Gasteiger partial charge on any atom is -0.316 e. The van der Waals surface area contributed by atoms with Gasteiger partial charge in [0.2, 0.25) is 11.9 Å². The van der Waals surface area contributed by atoms with Crippen molar-refractivity contribution in [2.24, 2.45) is 5.92 Å². The second-order valence-electron chi connectivity index (χ2n) is 4.37. The highest BCUT2D eigenvalue weighted by molar-refractivity contribution is 5.88. The van der Waals surface area contributed by atoms with Gasteiger partial charge in [-0.3, -0.25) is 10.1 Å². The normalized spacial score (nSPS) is 19.9. The second-order valence-corrected chi connectivity index (χ2v) is 4.37. The van der Waals surface area contributed by atoms with Crippen molar-refractivity contribution in [3.8, 4) is 0 Å². The SMILES string of the molecule is O=C(CCC1CCCNC1)Nc1ncccn1. The Morgan fingerprint density at radius 2 is 2.29 bits per heavy atom. The van der Waals surface area contributed by atoms with Gasteiger partial charge in [-0.25, -0.2) is 9.97 Å². The fourth-order valence-electron chi connectivity index (χ4n) is 2.06. The smallest absolute Gasteiger partial charge is 0.229 e. The van der Waals surface area contributed by atoms with Crippen molar-refractivity contribution in [1.82, 2.24) is 15.3 Å². The Labute approximate surface area is 101 Å². The zero-order valence-electron chi connectivity index (χ0n) is 9.85. The topological polar surface area (TPSA) is 66.9 Å². The third-order valence-corrected chi connectivity index (χ3v) is 3.00. The Kier molecular flexibility index (Phi) is 4.44. The van der Waals surface area contributed by atoms with Gasteiger partial charge >= 0.3 is 0 Å². The van der Waals surface area contributed by atoms with Crippen LogP contribution in [0.2, 0.25) is 0 Å². The molecule has 0 spiro atoms. The van der Waals surface area contributed by atoms with Crippen LogP contribution in [0, 0.1) is 5.92 Å². The fourth-order valence-corrected chi connectivity index (χ4v) is 2.06. The molecule has 2 heterocycles. The van der Waals surface area contributed by atoms with Crippen LogP contribution in [0.1, 0.15) is 25.7 Å². The molecule has 1 fully saturated rings. The number of hydrogen-bond donors (Lipinski definition) is 2. The van der Waals surface area contributed by atoms with E-state index in [0.29, 0.717) is 18.3 Å². The van der Waals surface area contributed by atoms with E-state index in [-0.39, 0.29) is 5.91 Å². The molecule has 5 nitrogen and oxygen atoms in total. The van der Waals surface area contributed by atoms with Crippen LogP contribution < -0.4 is 10.6 Å². The molecule has 0 aliphatic carbocycles. The number of carbonyl (C=O) groups is 1. The third-order valence-electron chi connectivity index (χ3n) is 3.00. The van der Waals surface area contributed by atoms with E-state index in [1.807, 2.05) is 0 Å². The summed E-state index contributed by atoms with van der Waals surface area (Å²) in [6.07, 6.45) is 7.16. The number of nitrogens with zero attached hydrogens (tertiary/aromatic N) is 2. The first-order valence-corrected chi connectivity index (χ1v) is 6.12. The van der Waals surface area contributed by atoms with Gasteiger partial charge in [-0.05, 0) is 44.3 Å². The first-order valence-electron chi connectivity index (χ1n) is 6.12. The third kappa shape index (κ3) is 4.11. The average molecular weight is 234 g/mol. The van der Waals surface area contributed by atoms with Crippen molar-refractivity contribution in [1.29, 1.82) is 0 Å². The molecule has 1 aliphatic heterocycles. The van der Waals surface area contributed by atoms with E-state index >= 15 is 0 Å². The lowest BCUT2D eigenvalue weighted by Gasteiger charge is -2.22. The Hall–Kier alpha value is -1.49. The van der Waals surface area contributed by atoms with Crippen molar-refractivity contribution in [3.63, 3.8) is 0 Å². The van der Waals surface area contributed by atoms with Crippen LogP contribution in [0.4, 0.5) is 5.95 Å². The van der Waals surface area contributed by atoms with Crippen LogP contribution in [0.25, 0.3) is 0 Å². The van der Waals surface area contributed by atoms with Crippen molar-refractivity contribution >= 4 is 11.9 Å². The number of carbonyl (C=O) groups excluding carboxylic acids is 1. The quantitative estimate of drug-likeness (QED) is 0.821. The molecule has 1 aromatic rings. The number of nitrogens with one attached hydrogen (secondary N) is 2. The molecule has 5 heteroatoms. The summed E-state index contributed by atoms with van der Waals surface area (Å²) in [7, 11) is 0. The molecule has 0 aromatic carbocycles. The minimum absolute atomic E-state index is 0.00164. The number of aromatic nitrogens is 2. The molecule has 2 N–H and O–H groups in total. The van der Waals surface area contributed by atoms with Gasteiger partial charge in [0.1, 0.15) is 0 Å². The largest absolute Gasteiger partial charge is 0.316 e. The van der Waals surface area contributed by atoms with Gasteiger partial charge in [0.05, 0.1) is 0 Å². The van der Waals surface area contributed by atoms with Crippen molar-refractivity contribution in [2.45, 2.75) is 25.7 Å². The maximum absolute atomic E-state index is 11.6. The molecule has 1 amide bonds. The van der Waals surface area contributed by atoms with Gasteiger partial charge in [-0.15, -0.1) is 0 Å². The number of hydrogen-bond acceptors (Lipinski definition) is 4. The highest BCUT2D eigenvalue weighted by atomic mass is 16.1. The molecular weight excluding hydrogens is 216 g/mol. The summed E-state index contributed by atoms with van der Waals surface area (Å²) in [5, 5.41) is 6.05. The zero-order chi connectivity index (χ0) is 11.9. The maximum Gasteiger partial charge on any atom is 0.229 e. The summed E-state index contributed by atoms with van der Waals surface area (Å²) in [6, 6.07) is 1.73. The van der Waals surface area contributed by atoms with Crippen molar-refractivity contribution < 1.29 is 4.79 Å². The van der Waals surface area contributed by atoms with E-state index in [9.17, 15) is 4.79 Å². The van der Waals surface area contributed by atoms with E-state index in [2.05, 4.69) is 20.6 Å². The van der Waals surface area contributed by atoms with Crippen LogP contribution in [-0.2, 0) is 4.79 Å². The number of piperidine rings is 1. The average Bonchev–Trinajstić information content (AvgIpc) is 2.39. The van der Waals surface area contributed by atoms with Crippen molar-refractivity contribution in [2.75, 3.05) is 18.4 Å². The van der Waals surface area contributed by atoms with Crippen LogP contribution in [0.5, 0.6) is 0 Å². The van der Waals surface area contributed by atoms with Crippen LogP contribution in [0.15, 0.2) is 18.5 Å². The highest BCUT2D eigenvalue weighted by Gasteiger charge is 2.14. The molecule has 1 saturated heterocycles. The lowest BCUT2D eigenvalue weighted by atomic mass is 9.94. The van der Waals surface area contributed by atoms with E-state index < -0.39 is 0 Å². The summed E-state index contributed by atoms with van der Waals surface area (Å²) < 4.78 is 0. The van der Waals surface area contributed by atoms with E-state index in [0.717, 1.165) is 19.5 Å². The van der Waals surface area contributed by atoms with E-state index in [4.69, 9.17) is 0 Å². The molecule has 2 rings (SSSR count). The lowest BCUT2D eigenvalue weighted by Crippen LogP contribution is -2.30. The standard InChI is InChI=1S/C12H18N4O/c17-11(16-12-14-7-2-8-15-12)5-4-10-3-1-6-13-9-10/h2,7-8,10,13H,1,3-6,9H2,(H,14,15,16,17). The predicted molar refractivity (Wildman–Crippen MR) is 65.5 cm³/mol. The molecule has 1 aliphatic rings. The van der Waals surface area contributed by atoms with Crippen LogP contribution in [0.3, 0.4) is 0 Å². The van der Waals surface area contributed by atoms with Gasteiger partial charge in [0.15, 0.2) is 0 Å².